The Labute approximate surface area is 169 Å². The molecule has 1 fully saturated rings. The topological polar surface area (TPSA) is 84.2 Å². The molecule has 28 heavy (non-hydrogen) atoms. The standard InChI is InChI=1S/C19H23ClN6O2/c1-14-21-23-26(22-14)13-17-12-18(20)6-4-16(17)5-7-19(28)25-9-3-8-24(10-11-25)15(2)27/h4,12,18H,3,6,8-11,13H2,1-2H3. The van der Waals surface area contributed by atoms with Gasteiger partial charge in [-0.2, -0.15) is 4.80 Å². The Balaban J connectivity index is 1.68. The molecular formula is C19H23ClN6O2. The van der Waals surface area contributed by atoms with Gasteiger partial charge in [0.1, 0.15) is 0 Å². The van der Waals surface area contributed by atoms with Crippen molar-refractivity contribution in [3.05, 3.63) is 29.1 Å². The Hall–Kier alpha value is -2.66. The van der Waals surface area contributed by atoms with Crippen LogP contribution in [-0.2, 0) is 16.1 Å². The molecule has 1 atom stereocenters. The Morgan fingerprint density at radius 3 is 2.71 bits per heavy atom. The summed E-state index contributed by atoms with van der Waals surface area (Å²) in [6, 6.07) is 0. The van der Waals surface area contributed by atoms with Gasteiger partial charge >= 0.3 is 0 Å². The number of rotatable bonds is 2. The van der Waals surface area contributed by atoms with E-state index in [4.69, 9.17) is 11.6 Å². The molecule has 2 aliphatic rings. The smallest absolute Gasteiger partial charge is 0.298 e. The number of nitrogens with zero attached hydrogens (tertiary/aromatic N) is 6. The molecule has 0 bridgehead atoms. The lowest BCUT2D eigenvalue weighted by Gasteiger charge is -2.19. The van der Waals surface area contributed by atoms with Crippen LogP contribution in [0, 0.1) is 18.8 Å². The zero-order chi connectivity index (χ0) is 20.1. The highest BCUT2D eigenvalue weighted by atomic mass is 35.5. The predicted octanol–water partition coefficient (Wildman–Crippen LogP) is 0.930. The van der Waals surface area contributed by atoms with Gasteiger partial charge in [-0.3, -0.25) is 9.59 Å². The summed E-state index contributed by atoms with van der Waals surface area (Å²) in [6.45, 7) is 6.04. The summed E-state index contributed by atoms with van der Waals surface area (Å²) in [4.78, 5) is 29.0. The van der Waals surface area contributed by atoms with Crippen molar-refractivity contribution >= 4 is 23.4 Å². The van der Waals surface area contributed by atoms with Gasteiger partial charge in [0.15, 0.2) is 5.82 Å². The van der Waals surface area contributed by atoms with E-state index in [1.165, 1.54) is 4.80 Å². The minimum Gasteiger partial charge on any atom is -0.341 e. The van der Waals surface area contributed by atoms with Crippen LogP contribution in [0.5, 0.6) is 0 Å². The first-order valence-electron chi connectivity index (χ1n) is 9.28. The minimum atomic E-state index is -0.228. The Morgan fingerprint density at radius 2 is 2.00 bits per heavy atom. The van der Waals surface area contributed by atoms with E-state index >= 15 is 0 Å². The first kappa shape index (κ1) is 20.1. The maximum atomic E-state index is 12.5. The highest BCUT2D eigenvalue weighted by molar-refractivity contribution is 6.22. The molecule has 0 saturated carbocycles. The normalized spacial score (nSPS) is 19.9. The summed E-state index contributed by atoms with van der Waals surface area (Å²) in [5.74, 6) is 6.14. The third kappa shape index (κ3) is 5.20. The number of aromatic nitrogens is 4. The molecule has 8 nitrogen and oxygen atoms in total. The number of tetrazole rings is 1. The molecule has 1 unspecified atom stereocenters. The number of allylic oxidation sites excluding steroid dienone is 4. The van der Waals surface area contributed by atoms with Crippen LogP contribution in [0.3, 0.4) is 0 Å². The van der Waals surface area contributed by atoms with Gasteiger partial charge in [0.25, 0.3) is 5.91 Å². The van der Waals surface area contributed by atoms with Gasteiger partial charge < -0.3 is 9.80 Å². The fourth-order valence-corrected chi connectivity index (χ4v) is 3.43. The molecular weight excluding hydrogens is 380 g/mol. The molecule has 0 N–H and O–H groups in total. The summed E-state index contributed by atoms with van der Waals surface area (Å²) in [6.07, 6.45) is 5.28. The van der Waals surface area contributed by atoms with Crippen molar-refractivity contribution in [2.75, 3.05) is 26.2 Å². The maximum absolute atomic E-state index is 12.5. The van der Waals surface area contributed by atoms with Gasteiger partial charge in [-0.15, -0.1) is 21.8 Å². The monoisotopic (exact) mass is 402 g/mol. The number of hydrogen-bond acceptors (Lipinski definition) is 5. The number of amides is 2. The fraction of sp³-hybridized carbons (Fsp3) is 0.526. The third-order valence-electron chi connectivity index (χ3n) is 4.67. The third-order valence-corrected chi connectivity index (χ3v) is 4.98. The summed E-state index contributed by atoms with van der Waals surface area (Å²) in [5, 5.41) is 11.9. The van der Waals surface area contributed by atoms with Crippen LogP contribution in [0.15, 0.2) is 23.3 Å². The van der Waals surface area contributed by atoms with E-state index in [-0.39, 0.29) is 17.2 Å². The lowest BCUT2D eigenvalue weighted by atomic mass is 9.98. The Bertz CT molecular complexity index is 878. The van der Waals surface area contributed by atoms with Crippen molar-refractivity contribution in [2.24, 2.45) is 0 Å². The van der Waals surface area contributed by atoms with Crippen molar-refractivity contribution < 1.29 is 9.59 Å². The molecule has 1 aromatic heterocycles. The van der Waals surface area contributed by atoms with Crippen LogP contribution in [0.2, 0.25) is 0 Å². The fourth-order valence-electron chi connectivity index (χ4n) is 3.18. The van der Waals surface area contributed by atoms with Gasteiger partial charge in [-0.25, -0.2) is 0 Å². The highest BCUT2D eigenvalue weighted by Crippen LogP contribution is 2.23. The summed E-state index contributed by atoms with van der Waals surface area (Å²) < 4.78 is 0. The molecule has 2 amide bonds. The molecule has 9 heteroatoms. The van der Waals surface area contributed by atoms with Gasteiger partial charge in [-0.1, -0.05) is 18.1 Å². The van der Waals surface area contributed by atoms with Crippen molar-refractivity contribution in [3.8, 4) is 11.8 Å². The second-order valence-electron chi connectivity index (χ2n) is 6.83. The van der Waals surface area contributed by atoms with Crippen molar-refractivity contribution in [2.45, 2.75) is 38.6 Å². The molecule has 0 aromatic carbocycles. The number of carbonyl (C=O) groups excluding carboxylic acids is 2. The van der Waals surface area contributed by atoms with Crippen molar-refractivity contribution in [1.82, 2.24) is 30.0 Å². The number of aryl methyl sites for hydroxylation is 1. The Morgan fingerprint density at radius 1 is 1.25 bits per heavy atom. The molecule has 0 spiro atoms. The summed E-state index contributed by atoms with van der Waals surface area (Å²) in [5.41, 5.74) is 1.64. The van der Waals surface area contributed by atoms with Crippen LogP contribution in [0.4, 0.5) is 0 Å². The van der Waals surface area contributed by atoms with E-state index in [0.717, 1.165) is 17.6 Å². The van der Waals surface area contributed by atoms with Gasteiger partial charge in [0.05, 0.1) is 11.9 Å². The van der Waals surface area contributed by atoms with Crippen LogP contribution in [0.1, 0.15) is 25.6 Å². The van der Waals surface area contributed by atoms with Crippen LogP contribution in [0.25, 0.3) is 0 Å². The largest absolute Gasteiger partial charge is 0.341 e. The average Bonchev–Trinajstić information content (AvgIpc) is 2.91. The van der Waals surface area contributed by atoms with Gasteiger partial charge in [-0.05, 0) is 30.6 Å². The zero-order valence-electron chi connectivity index (χ0n) is 16.1. The summed E-state index contributed by atoms with van der Waals surface area (Å²) >= 11 is 6.25. The molecule has 2 heterocycles. The number of halogens is 1. The van der Waals surface area contributed by atoms with Crippen LogP contribution < -0.4 is 0 Å². The number of alkyl halides is 1. The molecule has 1 saturated heterocycles. The molecule has 3 rings (SSSR count). The van der Waals surface area contributed by atoms with Crippen molar-refractivity contribution in [3.63, 3.8) is 0 Å². The minimum absolute atomic E-state index is 0.0371. The number of carbonyl (C=O) groups is 2. The average molecular weight is 403 g/mol. The molecule has 0 radical (unpaired) electrons. The molecule has 148 valence electrons. The second-order valence-corrected chi connectivity index (χ2v) is 7.39. The van der Waals surface area contributed by atoms with E-state index in [0.29, 0.717) is 45.0 Å². The molecule has 1 aliphatic heterocycles. The Kier molecular flexibility index (Phi) is 6.47. The first-order chi connectivity index (χ1) is 13.4. The molecule has 1 aliphatic carbocycles. The van der Waals surface area contributed by atoms with Gasteiger partial charge in [0.2, 0.25) is 5.91 Å². The van der Waals surface area contributed by atoms with Crippen molar-refractivity contribution in [1.29, 1.82) is 0 Å². The van der Waals surface area contributed by atoms with Crippen LogP contribution >= 0.6 is 11.6 Å². The zero-order valence-corrected chi connectivity index (χ0v) is 16.8. The maximum Gasteiger partial charge on any atom is 0.298 e. The van der Waals surface area contributed by atoms with E-state index in [2.05, 4.69) is 27.3 Å². The predicted molar refractivity (Wildman–Crippen MR) is 104 cm³/mol. The lowest BCUT2D eigenvalue weighted by Crippen LogP contribution is -2.36. The van der Waals surface area contributed by atoms with E-state index in [1.807, 2.05) is 12.2 Å². The van der Waals surface area contributed by atoms with Crippen LogP contribution in [-0.4, -0.2) is 73.4 Å². The van der Waals surface area contributed by atoms with E-state index in [9.17, 15) is 9.59 Å². The molecule has 1 aromatic rings. The SMILES string of the molecule is CC(=O)N1CCCN(C(=O)C#CC2=CCC(Cl)C=C2Cn2nnc(C)n2)CC1. The second kappa shape index (κ2) is 9.02. The van der Waals surface area contributed by atoms with Gasteiger partial charge in [0, 0.05) is 44.6 Å². The quantitative estimate of drug-likeness (QED) is 0.542. The number of hydrogen-bond donors (Lipinski definition) is 0. The van der Waals surface area contributed by atoms with E-state index in [1.54, 1.807) is 23.6 Å². The van der Waals surface area contributed by atoms with E-state index < -0.39 is 0 Å². The first-order valence-corrected chi connectivity index (χ1v) is 9.72. The lowest BCUT2D eigenvalue weighted by molar-refractivity contribution is -0.129. The highest BCUT2D eigenvalue weighted by Gasteiger charge is 2.20. The summed E-state index contributed by atoms with van der Waals surface area (Å²) in [7, 11) is 0.